The van der Waals surface area contributed by atoms with Gasteiger partial charge >= 0.3 is 0 Å². The molecule has 0 radical (unpaired) electrons. The summed E-state index contributed by atoms with van der Waals surface area (Å²) >= 11 is 1.35. The molecule has 2 heterocycles. The molecule has 36 heavy (non-hydrogen) atoms. The summed E-state index contributed by atoms with van der Waals surface area (Å²) in [5, 5.41) is 6.26. The molecule has 1 aromatic heterocycles. The van der Waals surface area contributed by atoms with Crippen LogP contribution in [-0.4, -0.2) is 24.5 Å². The minimum Gasteiger partial charge on any atom is -0.348 e. The van der Waals surface area contributed by atoms with Crippen LogP contribution in [0.2, 0.25) is 0 Å². The Morgan fingerprint density at radius 2 is 1.72 bits per heavy atom. The number of anilines is 1. The van der Waals surface area contributed by atoms with Crippen molar-refractivity contribution in [2.75, 3.05) is 5.32 Å². The Kier molecular flexibility index (Phi) is 7.17. The average Bonchev–Trinajstić information content (AvgIpc) is 3.41. The first-order valence-corrected chi connectivity index (χ1v) is 13.8. The first-order valence-electron chi connectivity index (χ1n) is 11.5. The summed E-state index contributed by atoms with van der Waals surface area (Å²) in [5.74, 6) is -0.571. The lowest BCUT2D eigenvalue weighted by Gasteiger charge is -2.19. The summed E-state index contributed by atoms with van der Waals surface area (Å²) in [4.78, 5) is 25.1. The predicted octanol–water partition coefficient (Wildman–Crippen LogP) is 4.80. The number of sulfonamides is 1. The van der Waals surface area contributed by atoms with Gasteiger partial charge in [-0.3, -0.25) is 9.59 Å². The summed E-state index contributed by atoms with van der Waals surface area (Å²) in [6.07, 6.45) is 1.19. The van der Waals surface area contributed by atoms with Crippen LogP contribution in [-0.2, 0) is 39.9 Å². The molecule has 0 fully saturated rings. The third-order valence-corrected chi connectivity index (χ3v) is 8.91. The molecule has 0 bridgehead atoms. The highest BCUT2D eigenvalue weighted by Crippen LogP contribution is 2.36. The van der Waals surface area contributed by atoms with E-state index in [4.69, 9.17) is 0 Å². The molecule has 188 valence electrons. The zero-order valence-corrected chi connectivity index (χ0v) is 22.1. The van der Waals surface area contributed by atoms with Crippen LogP contribution in [0.1, 0.15) is 52.7 Å². The Morgan fingerprint density at radius 1 is 1.06 bits per heavy atom. The van der Waals surface area contributed by atoms with Crippen LogP contribution < -0.4 is 10.6 Å². The molecule has 0 unspecified atom stereocenters. The molecular weight excluding hydrogens is 494 g/mol. The van der Waals surface area contributed by atoms with Crippen molar-refractivity contribution in [2.24, 2.45) is 0 Å². The summed E-state index contributed by atoms with van der Waals surface area (Å²) in [5.41, 5.74) is 3.54. The number of thiophene rings is 1. The Bertz CT molecular complexity index is 1380. The lowest BCUT2D eigenvalue weighted by atomic mass is 9.87. The van der Waals surface area contributed by atoms with Gasteiger partial charge in [0.15, 0.2) is 0 Å². The molecule has 0 spiro atoms. The van der Waals surface area contributed by atoms with Crippen molar-refractivity contribution in [2.45, 2.75) is 50.7 Å². The van der Waals surface area contributed by atoms with E-state index in [9.17, 15) is 18.0 Å². The highest BCUT2D eigenvalue weighted by Gasteiger charge is 2.32. The highest BCUT2D eigenvalue weighted by molar-refractivity contribution is 7.89. The number of nitrogens with zero attached hydrogens (tertiary/aromatic N) is 1. The third-order valence-electron chi connectivity index (χ3n) is 6.02. The third kappa shape index (κ3) is 5.59. The Hall–Kier alpha value is -3.27. The van der Waals surface area contributed by atoms with Crippen molar-refractivity contribution in [1.82, 2.24) is 9.62 Å². The number of carbonyl (C=O) groups is 2. The number of hydrogen-bond acceptors (Lipinski definition) is 5. The fraction of sp³-hybridized carbons (Fsp3) is 0.259. The maximum atomic E-state index is 13.1. The number of carbonyl (C=O) groups excluding carboxylic acids is 2. The molecule has 2 aromatic carbocycles. The van der Waals surface area contributed by atoms with Crippen molar-refractivity contribution in [1.29, 1.82) is 0 Å². The van der Waals surface area contributed by atoms with Crippen LogP contribution in [0.4, 0.5) is 5.00 Å². The molecule has 0 saturated heterocycles. The smallest absolute Gasteiger partial charge is 0.251 e. The van der Waals surface area contributed by atoms with Gasteiger partial charge in [0.1, 0.15) is 0 Å². The SMILES string of the molecule is C=CC(=O)Nc1cc2c(s1)CN(S(=O)(=O)c1ccc(C(=O)NCc3ccc(C(C)(C)C)cc3)cc1)C2. The van der Waals surface area contributed by atoms with E-state index in [1.807, 2.05) is 12.1 Å². The first kappa shape index (κ1) is 25.8. The quantitative estimate of drug-likeness (QED) is 0.435. The van der Waals surface area contributed by atoms with E-state index in [-0.39, 0.29) is 35.2 Å². The zero-order chi connectivity index (χ0) is 26.1. The highest BCUT2D eigenvalue weighted by atomic mass is 32.2. The average molecular weight is 524 g/mol. The second-order valence-corrected chi connectivity index (χ2v) is 12.8. The number of fused-ring (bicyclic) bond motifs is 1. The molecule has 4 rings (SSSR count). The summed E-state index contributed by atoms with van der Waals surface area (Å²) in [7, 11) is -3.73. The molecular formula is C27H29N3O4S2. The van der Waals surface area contributed by atoms with E-state index in [1.165, 1.54) is 51.5 Å². The van der Waals surface area contributed by atoms with E-state index in [0.29, 0.717) is 17.1 Å². The predicted molar refractivity (Wildman–Crippen MR) is 142 cm³/mol. The Morgan fingerprint density at radius 3 is 2.31 bits per heavy atom. The number of benzene rings is 2. The number of hydrogen-bond donors (Lipinski definition) is 2. The van der Waals surface area contributed by atoms with Crippen LogP contribution in [0.25, 0.3) is 0 Å². The zero-order valence-electron chi connectivity index (χ0n) is 20.5. The fourth-order valence-corrected chi connectivity index (χ4v) is 6.44. The van der Waals surface area contributed by atoms with E-state index in [2.05, 4.69) is 50.1 Å². The molecule has 7 nitrogen and oxygen atoms in total. The topological polar surface area (TPSA) is 95.6 Å². The second-order valence-electron chi connectivity index (χ2n) is 9.68. The van der Waals surface area contributed by atoms with Crippen molar-refractivity contribution in [3.05, 3.63) is 94.4 Å². The molecule has 2 amide bonds. The van der Waals surface area contributed by atoms with E-state index in [1.54, 1.807) is 6.07 Å². The maximum absolute atomic E-state index is 13.1. The van der Waals surface area contributed by atoms with Gasteiger partial charge in [-0.25, -0.2) is 8.42 Å². The van der Waals surface area contributed by atoms with Gasteiger partial charge in [0.05, 0.1) is 9.90 Å². The summed E-state index contributed by atoms with van der Waals surface area (Å²) in [6.45, 7) is 10.7. The normalized spacial score (nSPS) is 13.8. The Labute approximate surface area is 215 Å². The number of amides is 2. The van der Waals surface area contributed by atoms with Crippen molar-refractivity contribution >= 4 is 38.2 Å². The molecule has 2 N–H and O–H groups in total. The van der Waals surface area contributed by atoms with Crippen LogP contribution in [0.3, 0.4) is 0 Å². The van der Waals surface area contributed by atoms with Crippen LogP contribution in [0.15, 0.2) is 72.1 Å². The van der Waals surface area contributed by atoms with Crippen molar-refractivity contribution in [3.63, 3.8) is 0 Å². The number of nitrogens with one attached hydrogen (secondary N) is 2. The minimum atomic E-state index is -3.73. The van der Waals surface area contributed by atoms with Gasteiger partial charge in [-0.2, -0.15) is 4.31 Å². The standard InChI is InChI=1S/C27H29N3O4S2/c1-5-24(31)29-25-14-20-16-30(17-23(20)35-25)36(33,34)22-12-8-19(9-13-22)26(32)28-15-18-6-10-21(11-7-18)27(2,3)4/h5-14H,1,15-17H2,2-4H3,(H,28,32)(H,29,31). The van der Waals surface area contributed by atoms with Gasteiger partial charge < -0.3 is 10.6 Å². The van der Waals surface area contributed by atoms with Gasteiger partial charge in [-0.15, -0.1) is 11.3 Å². The van der Waals surface area contributed by atoms with Gasteiger partial charge in [-0.05, 0) is 58.5 Å². The van der Waals surface area contributed by atoms with Gasteiger partial charge in [0.2, 0.25) is 15.9 Å². The van der Waals surface area contributed by atoms with Crippen molar-refractivity contribution in [3.8, 4) is 0 Å². The minimum absolute atomic E-state index is 0.0661. The molecule has 0 saturated carbocycles. The van der Waals surface area contributed by atoms with Gasteiger partial charge in [0.25, 0.3) is 5.91 Å². The van der Waals surface area contributed by atoms with Crippen molar-refractivity contribution < 1.29 is 18.0 Å². The number of rotatable bonds is 7. The van der Waals surface area contributed by atoms with E-state index >= 15 is 0 Å². The van der Waals surface area contributed by atoms with Crippen LogP contribution >= 0.6 is 11.3 Å². The summed E-state index contributed by atoms with van der Waals surface area (Å²) in [6, 6.07) is 15.9. The maximum Gasteiger partial charge on any atom is 0.251 e. The second kappa shape index (κ2) is 10.0. The van der Waals surface area contributed by atoms with Gasteiger partial charge in [-0.1, -0.05) is 51.6 Å². The molecule has 1 aliphatic rings. The van der Waals surface area contributed by atoms with Crippen LogP contribution in [0, 0.1) is 0 Å². The van der Waals surface area contributed by atoms with Gasteiger partial charge in [0, 0.05) is 30.1 Å². The first-order chi connectivity index (χ1) is 17.0. The summed E-state index contributed by atoms with van der Waals surface area (Å²) < 4.78 is 27.7. The lowest BCUT2D eigenvalue weighted by Crippen LogP contribution is -2.26. The fourth-order valence-electron chi connectivity index (χ4n) is 3.88. The monoisotopic (exact) mass is 523 g/mol. The lowest BCUT2D eigenvalue weighted by molar-refractivity contribution is -0.111. The molecule has 0 aliphatic carbocycles. The largest absolute Gasteiger partial charge is 0.348 e. The molecule has 3 aromatic rings. The molecule has 9 heteroatoms. The van der Waals surface area contributed by atoms with Crippen LogP contribution in [0.5, 0.6) is 0 Å². The van der Waals surface area contributed by atoms with E-state index in [0.717, 1.165) is 16.0 Å². The molecule has 1 aliphatic heterocycles. The van der Waals surface area contributed by atoms with E-state index < -0.39 is 10.0 Å². The Balaban J connectivity index is 1.37. The molecule has 0 atom stereocenters.